The van der Waals surface area contributed by atoms with Crippen LogP contribution in [0.3, 0.4) is 0 Å². The van der Waals surface area contributed by atoms with Gasteiger partial charge in [-0.05, 0) is 6.07 Å². The van der Waals surface area contributed by atoms with Crippen LogP contribution in [0.1, 0.15) is 5.56 Å². The van der Waals surface area contributed by atoms with E-state index in [0.717, 1.165) is 0 Å². The number of alkyl halides is 2. The molecule has 0 saturated heterocycles. The van der Waals surface area contributed by atoms with E-state index in [1.165, 1.54) is 18.3 Å². The number of aromatic nitrogens is 1. The zero-order valence-electron chi connectivity index (χ0n) is 9.28. The lowest BCUT2D eigenvalue weighted by molar-refractivity contribution is -0.286. The van der Waals surface area contributed by atoms with Crippen molar-refractivity contribution < 1.29 is 18.3 Å². The minimum atomic E-state index is -3.70. The maximum atomic E-state index is 13.0. The summed E-state index contributed by atoms with van der Waals surface area (Å²) in [7, 11) is 0. The van der Waals surface area contributed by atoms with E-state index in [1.807, 2.05) is 6.07 Å². The molecule has 1 aliphatic heterocycles. The van der Waals surface area contributed by atoms with Crippen LogP contribution in [0.15, 0.2) is 18.3 Å². The molecule has 0 amide bonds. The van der Waals surface area contributed by atoms with Gasteiger partial charge >= 0.3 is 6.29 Å². The van der Waals surface area contributed by atoms with Crippen molar-refractivity contribution in [3.63, 3.8) is 0 Å². The van der Waals surface area contributed by atoms with E-state index in [-0.39, 0.29) is 22.7 Å². The van der Waals surface area contributed by atoms with Crippen LogP contribution in [0.5, 0.6) is 11.5 Å². The summed E-state index contributed by atoms with van der Waals surface area (Å²) in [6.45, 7) is 0. The van der Waals surface area contributed by atoms with E-state index < -0.39 is 6.29 Å². The number of anilines is 1. The van der Waals surface area contributed by atoms with Crippen LogP contribution in [-0.2, 0) is 0 Å². The van der Waals surface area contributed by atoms with E-state index >= 15 is 0 Å². The van der Waals surface area contributed by atoms with Crippen molar-refractivity contribution >= 4 is 16.6 Å². The molecule has 1 aromatic heterocycles. The third-order valence-electron chi connectivity index (χ3n) is 2.66. The number of nitrogens with two attached hydrogens (primary N) is 1. The fourth-order valence-electron chi connectivity index (χ4n) is 1.88. The molecule has 0 aliphatic carbocycles. The van der Waals surface area contributed by atoms with Crippen LogP contribution in [-0.4, -0.2) is 11.3 Å². The number of nitrogen functional groups attached to an aromatic ring is 1. The highest BCUT2D eigenvalue weighted by Gasteiger charge is 2.43. The predicted molar refractivity (Wildman–Crippen MR) is 60.5 cm³/mol. The molecule has 3 N–H and O–H groups in total. The number of nitrogens with zero attached hydrogens (tertiary/aromatic N) is 2. The third-order valence-corrected chi connectivity index (χ3v) is 2.66. The standard InChI is InChI=1S/C11H6F2N4O2/c12-11(13)18-8-1-6-7(2-9(8)19-11)16-4-5(3-14)10(6)17-15/h1-2,4H,15H2,(H,16,17). The summed E-state index contributed by atoms with van der Waals surface area (Å²) >= 11 is 0. The molecular formula is C11H6F2N4O2. The first kappa shape index (κ1) is 11.4. The Hall–Kier alpha value is -2.66. The quantitative estimate of drug-likeness (QED) is 0.601. The molecule has 1 aromatic carbocycles. The van der Waals surface area contributed by atoms with Gasteiger partial charge in [-0.3, -0.25) is 10.8 Å². The van der Waals surface area contributed by atoms with Crippen molar-refractivity contribution in [2.45, 2.75) is 6.29 Å². The molecule has 0 radical (unpaired) electrons. The number of pyridine rings is 1. The Labute approximate surface area is 105 Å². The molecule has 0 unspecified atom stereocenters. The van der Waals surface area contributed by atoms with Gasteiger partial charge in [0.1, 0.15) is 6.07 Å². The highest BCUT2D eigenvalue weighted by molar-refractivity contribution is 5.95. The van der Waals surface area contributed by atoms with Gasteiger partial charge < -0.3 is 14.9 Å². The molecule has 0 bridgehead atoms. The first-order valence-electron chi connectivity index (χ1n) is 5.13. The third kappa shape index (κ3) is 1.68. The lowest BCUT2D eigenvalue weighted by atomic mass is 10.1. The summed E-state index contributed by atoms with van der Waals surface area (Å²) < 4.78 is 34.6. The molecular weight excluding hydrogens is 258 g/mol. The molecule has 1 aliphatic rings. The summed E-state index contributed by atoms with van der Waals surface area (Å²) in [6.07, 6.45) is -2.41. The van der Waals surface area contributed by atoms with E-state index in [1.54, 1.807) is 0 Å². The molecule has 0 atom stereocenters. The van der Waals surface area contributed by atoms with Crippen LogP contribution in [0.2, 0.25) is 0 Å². The smallest absolute Gasteiger partial charge is 0.395 e. The molecule has 19 heavy (non-hydrogen) atoms. The van der Waals surface area contributed by atoms with Crippen molar-refractivity contribution in [3.05, 3.63) is 23.9 Å². The Morgan fingerprint density at radius 1 is 1.32 bits per heavy atom. The average Bonchev–Trinajstić information content (AvgIpc) is 2.67. The molecule has 0 saturated carbocycles. The molecule has 0 spiro atoms. The van der Waals surface area contributed by atoms with Gasteiger partial charge in [-0.25, -0.2) is 0 Å². The maximum absolute atomic E-state index is 13.0. The fourth-order valence-corrected chi connectivity index (χ4v) is 1.88. The van der Waals surface area contributed by atoms with Gasteiger partial charge in [0.2, 0.25) is 0 Å². The molecule has 2 heterocycles. The second-order valence-corrected chi connectivity index (χ2v) is 3.79. The number of ether oxygens (including phenoxy) is 2. The average molecular weight is 264 g/mol. The van der Waals surface area contributed by atoms with Gasteiger partial charge in [0, 0.05) is 17.6 Å². The Kier molecular flexibility index (Phi) is 2.20. The molecule has 6 nitrogen and oxygen atoms in total. The minimum Gasteiger partial charge on any atom is -0.395 e. The number of nitriles is 1. The minimum absolute atomic E-state index is 0.113. The van der Waals surface area contributed by atoms with E-state index in [9.17, 15) is 8.78 Å². The highest BCUT2D eigenvalue weighted by atomic mass is 19.3. The summed E-state index contributed by atoms with van der Waals surface area (Å²) in [6, 6.07) is 4.50. The number of benzene rings is 1. The Morgan fingerprint density at radius 3 is 2.63 bits per heavy atom. The molecule has 8 heteroatoms. The summed E-state index contributed by atoms with van der Waals surface area (Å²) in [5.41, 5.74) is 3.19. The van der Waals surface area contributed by atoms with Crippen LogP contribution in [0.4, 0.5) is 14.5 Å². The van der Waals surface area contributed by atoms with Gasteiger partial charge in [-0.1, -0.05) is 0 Å². The summed E-state index contributed by atoms with van der Waals surface area (Å²) in [5, 5.41) is 9.31. The Morgan fingerprint density at radius 2 is 2.00 bits per heavy atom. The van der Waals surface area contributed by atoms with Crippen molar-refractivity contribution in [3.8, 4) is 17.6 Å². The molecule has 0 fully saturated rings. The lowest BCUT2D eigenvalue weighted by Gasteiger charge is -2.07. The van der Waals surface area contributed by atoms with Gasteiger partial charge in [0.05, 0.1) is 16.8 Å². The van der Waals surface area contributed by atoms with Crippen LogP contribution >= 0.6 is 0 Å². The monoisotopic (exact) mass is 264 g/mol. The number of hydrogen-bond donors (Lipinski definition) is 2. The number of nitrogens with one attached hydrogen (secondary N) is 1. The number of hydrazine groups is 1. The highest BCUT2D eigenvalue weighted by Crippen LogP contribution is 2.44. The summed E-state index contributed by atoms with van der Waals surface area (Å²) in [5.74, 6) is 5.09. The Bertz CT molecular complexity index is 727. The van der Waals surface area contributed by atoms with Crippen LogP contribution in [0.25, 0.3) is 10.9 Å². The van der Waals surface area contributed by atoms with E-state index in [4.69, 9.17) is 11.1 Å². The van der Waals surface area contributed by atoms with Gasteiger partial charge in [-0.2, -0.15) is 5.26 Å². The number of fused-ring (bicyclic) bond motifs is 2. The number of hydrogen-bond acceptors (Lipinski definition) is 6. The first-order valence-corrected chi connectivity index (χ1v) is 5.13. The lowest BCUT2D eigenvalue weighted by Crippen LogP contribution is -2.25. The van der Waals surface area contributed by atoms with E-state index in [0.29, 0.717) is 10.9 Å². The van der Waals surface area contributed by atoms with Crippen molar-refractivity contribution in [2.24, 2.45) is 5.84 Å². The fraction of sp³-hybridized carbons (Fsp3) is 0.0909. The topological polar surface area (TPSA) is 93.2 Å². The molecule has 3 rings (SSSR count). The number of halogens is 2. The number of rotatable bonds is 1. The van der Waals surface area contributed by atoms with Crippen LogP contribution in [0, 0.1) is 11.3 Å². The van der Waals surface area contributed by atoms with Crippen LogP contribution < -0.4 is 20.7 Å². The first-order chi connectivity index (χ1) is 9.04. The van der Waals surface area contributed by atoms with E-state index in [2.05, 4.69) is 19.9 Å². The molecule has 2 aromatic rings. The van der Waals surface area contributed by atoms with Gasteiger partial charge in [-0.15, -0.1) is 8.78 Å². The maximum Gasteiger partial charge on any atom is 0.586 e. The summed E-state index contributed by atoms with van der Waals surface area (Å²) in [4.78, 5) is 3.99. The second-order valence-electron chi connectivity index (χ2n) is 3.79. The van der Waals surface area contributed by atoms with Crippen molar-refractivity contribution in [2.75, 3.05) is 5.43 Å². The second kappa shape index (κ2) is 3.66. The zero-order valence-corrected chi connectivity index (χ0v) is 9.28. The normalized spacial score (nSPS) is 15.3. The zero-order chi connectivity index (χ0) is 13.6. The predicted octanol–water partition coefficient (Wildman–Crippen LogP) is 1.71. The van der Waals surface area contributed by atoms with Crippen molar-refractivity contribution in [1.82, 2.24) is 4.98 Å². The Balaban J connectivity index is 2.28. The van der Waals surface area contributed by atoms with Crippen molar-refractivity contribution in [1.29, 1.82) is 5.26 Å². The molecule has 96 valence electrons. The largest absolute Gasteiger partial charge is 0.586 e. The SMILES string of the molecule is N#Cc1cnc2cc3c(cc2c1NN)OC(F)(F)O3. The van der Waals surface area contributed by atoms with Gasteiger partial charge in [0.15, 0.2) is 11.5 Å². The van der Waals surface area contributed by atoms with Gasteiger partial charge in [0.25, 0.3) is 0 Å².